The highest BCUT2D eigenvalue weighted by atomic mass is 35.5. The summed E-state index contributed by atoms with van der Waals surface area (Å²) in [6.45, 7) is 2.72. The lowest BCUT2D eigenvalue weighted by Crippen LogP contribution is -2.13. The predicted octanol–water partition coefficient (Wildman–Crippen LogP) is 2.21. The van der Waals surface area contributed by atoms with Gasteiger partial charge < -0.3 is 5.32 Å². The highest BCUT2D eigenvalue weighted by molar-refractivity contribution is 7.93. The molecule has 0 radical (unpaired) electrons. The van der Waals surface area contributed by atoms with Gasteiger partial charge in [0.15, 0.2) is 0 Å². The molecule has 0 aromatic carbocycles. The Hall–Kier alpha value is -1.45. The summed E-state index contributed by atoms with van der Waals surface area (Å²) in [5.41, 5.74) is 1.43. The number of hydrogen-bond donors (Lipinski definition) is 2. The van der Waals surface area contributed by atoms with Gasteiger partial charge in [-0.25, -0.2) is 13.4 Å². The van der Waals surface area contributed by atoms with Gasteiger partial charge in [0.05, 0.1) is 5.02 Å². The normalized spacial score (nSPS) is 11.3. The summed E-state index contributed by atoms with van der Waals surface area (Å²) in [6, 6.07) is 1.34. The number of hydrogen-bond acceptors (Lipinski definition) is 7. The summed E-state index contributed by atoms with van der Waals surface area (Å²) in [4.78, 5) is 3.99. The van der Waals surface area contributed by atoms with E-state index in [9.17, 15) is 8.42 Å². The first-order valence-corrected chi connectivity index (χ1v) is 8.45. The second-order valence-electron chi connectivity index (χ2n) is 3.78. The minimum absolute atomic E-state index is 0.0280. The van der Waals surface area contributed by atoms with E-state index in [0.717, 1.165) is 17.8 Å². The van der Waals surface area contributed by atoms with Crippen LogP contribution in [0.1, 0.15) is 13.3 Å². The number of halogens is 1. The van der Waals surface area contributed by atoms with Gasteiger partial charge >= 0.3 is 0 Å². The van der Waals surface area contributed by atoms with Crippen LogP contribution in [0.2, 0.25) is 5.02 Å². The van der Waals surface area contributed by atoms with Crippen LogP contribution in [0.25, 0.3) is 0 Å². The summed E-state index contributed by atoms with van der Waals surface area (Å²) in [7, 11) is -3.76. The van der Waals surface area contributed by atoms with Crippen molar-refractivity contribution >= 4 is 43.9 Å². The Kier molecular flexibility index (Phi) is 4.73. The Labute approximate surface area is 125 Å². The van der Waals surface area contributed by atoms with Crippen molar-refractivity contribution in [3.05, 3.63) is 22.8 Å². The molecule has 0 aliphatic carbocycles. The van der Waals surface area contributed by atoms with E-state index in [1.807, 2.05) is 6.92 Å². The number of nitrogens with zero attached hydrogens (tertiary/aromatic N) is 3. The zero-order chi connectivity index (χ0) is 14.6. The summed E-state index contributed by atoms with van der Waals surface area (Å²) < 4.78 is 26.5. The minimum atomic E-state index is -3.76. The lowest BCUT2D eigenvalue weighted by atomic mass is 10.4. The third-order valence-electron chi connectivity index (χ3n) is 2.25. The topological polar surface area (TPSA) is 96.9 Å². The van der Waals surface area contributed by atoms with Crippen LogP contribution in [0.15, 0.2) is 22.7 Å². The van der Waals surface area contributed by atoms with Crippen molar-refractivity contribution in [3.8, 4) is 0 Å². The van der Waals surface area contributed by atoms with Crippen molar-refractivity contribution in [2.75, 3.05) is 16.6 Å². The Morgan fingerprint density at radius 1 is 1.45 bits per heavy atom. The molecule has 7 nitrogen and oxygen atoms in total. The zero-order valence-electron chi connectivity index (χ0n) is 10.5. The van der Waals surface area contributed by atoms with Crippen LogP contribution in [0.4, 0.5) is 10.9 Å². The first kappa shape index (κ1) is 14.9. The maximum absolute atomic E-state index is 12.1. The largest absolute Gasteiger partial charge is 0.369 e. The van der Waals surface area contributed by atoms with Crippen molar-refractivity contribution in [3.63, 3.8) is 0 Å². The molecule has 0 spiro atoms. The van der Waals surface area contributed by atoms with Gasteiger partial charge in [0.2, 0.25) is 5.13 Å². The quantitative estimate of drug-likeness (QED) is 0.841. The molecule has 0 aliphatic rings. The monoisotopic (exact) mass is 333 g/mol. The number of rotatable bonds is 6. The fraction of sp³-hybridized carbons (Fsp3) is 0.300. The van der Waals surface area contributed by atoms with E-state index in [0.29, 0.717) is 12.4 Å². The number of aromatic nitrogens is 3. The van der Waals surface area contributed by atoms with E-state index in [2.05, 4.69) is 25.2 Å². The van der Waals surface area contributed by atoms with Gasteiger partial charge in [-0.2, -0.15) is 0 Å². The number of sulfonamides is 1. The Balaban J connectivity index is 2.22. The fourth-order valence-electron chi connectivity index (χ4n) is 1.33. The minimum Gasteiger partial charge on any atom is -0.369 e. The summed E-state index contributed by atoms with van der Waals surface area (Å²) in [5.74, 6) is 0.461. The standard InChI is InChI=1S/C10H12ClN5O2S2/c1-2-3-12-9-8(11)4-7(5-13-9)20(17,18)16-10-15-14-6-19-10/h4-6H,2-3H2,1H3,(H,12,13)(H,15,16). The molecule has 10 heteroatoms. The van der Waals surface area contributed by atoms with Crippen molar-refractivity contribution in [2.45, 2.75) is 18.2 Å². The van der Waals surface area contributed by atoms with Crippen molar-refractivity contribution < 1.29 is 8.42 Å². The van der Waals surface area contributed by atoms with E-state index in [1.165, 1.54) is 17.8 Å². The second-order valence-corrected chi connectivity index (χ2v) is 6.70. The van der Waals surface area contributed by atoms with Crippen LogP contribution in [0, 0.1) is 0 Å². The average Bonchev–Trinajstić information content (AvgIpc) is 2.89. The number of pyridine rings is 1. The first-order chi connectivity index (χ1) is 9.53. The molecule has 2 heterocycles. The molecular formula is C10H12ClN5O2S2. The Morgan fingerprint density at radius 3 is 2.85 bits per heavy atom. The zero-order valence-corrected chi connectivity index (χ0v) is 12.9. The van der Waals surface area contributed by atoms with Gasteiger partial charge in [0, 0.05) is 12.7 Å². The molecule has 108 valence electrons. The first-order valence-electron chi connectivity index (χ1n) is 5.71. The van der Waals surface area contributed by atoms with Gasteiger partial charge in [0.1, 0.15) is 16.2 Å². The van der Waals surface area contributed by atoms with Gasteiger partial charge in [-0.3, -0.25) is 4.72 Å². The van der Waals surface area contributed by atoms with Crippen LogP contribution < -0.4 is 10.0 Å². The second kappa shape index (κ2) is 6.33. The number of nitrogens with one attached hydrogen (secondary N) is 2. The molecule has 0 bridgehead atoms. The van der Waals surface area contributed by atoms with Crippen LogP contribution in [-0.2, 0) is 10.0 Å². The summed E-state index contributed by atoms with van der Waals surface area (Å²) in [5, 5.41) is 10.6. The third-order valence-corrected chi connectivity index (χ3v) is 4.58. The molecule has 2 rings (SSSR count). The molecule has 0 amide bonds. The Morgan fingerprint density at radius 2 is 2.25 bits per heavy atom. The highest BCUT2D eigenvalue weighted by Gasteiger charge is 2.18. The van der Waals surface area contributed by atoms with Crippen LogP contribution in [0.5, 0.6) is 0 Å². The SMILES string of the molecule is CCCNc1ncc(S(=O)(=O)Nc2nncs2)cc1Cl. The van der Waals surface area contributed by atoms with Crippen molar-refractivity contribution in [1.29, 1.82) is 0 Å². The molecule has 0 saturated carbocycles. The molecule has 0 fully saturated rings. The van der Waals surface area contributed by atoms with Crippen LogP contribution in [-0.4, -0.2) is 30.1 Å². The van der Waals surface area contributed by atoms with Crippen LogP contribution >= 0.6 is 22.9 Å². The van der Waals surface area contributed by atoms with E-state index in [4.69, 9.17) is 11.6 Å². The predicted molar refractivity (Wildman–Crippen MR) is 78.7 cm³/mol. The highest BCUT2D eigenvalue weighted by Crippen LogP contribution is 2.24. The molecule has 0 atom stereocenters. The van der Waals surface area contributed by atoms with E-state index in [-0.39, 0.29) is 15.0 Å². The Bertz CT molecular complexity index is 675. The average molecular weight is 334 g/mol. The van der Waals surface area contributed by atoms with E-state index >= 15 is 0 Å². The van der Waals surface area contributed by atoms with E-state index in [1.54, 1.807) is 0 Å². The van der Waals surface area contributed by atoms with Gasteiger partial charge in [-0.05, 0) is 12.5 Å². The molecule has 2 aromatic rings. The fourth-order valence-corrected chi connectivity index (χ4v) is 3.29. The smallest absolute Gasteiger partial charge is 0.265 e. The number of anilines is 2. The van der Waals surface area contributed by atoms with Gasteiger partial charge in [0.25, 0.3) is 10.0 Å². The third kappa shape index (κ3) is 3.56. The molecule has 2 aromatic heterocycles. The van der Waals surface area contributed by atoms with Crippen molar-refractivity contribution in [2.24, 2.45) is 0 Å². The maximum Gasteiger partial charge on any atom is 0.265 e. The molecular weight excluding hydrogens is 322 g/mol. The van der Waals surface area contributed by atoms with Crippen LogP contribution in [0.3, 0.4) is 0 Å². The molecule has 2 N–H and O–H groups in total. The van der Waals surface area contributed by atoms with E-state index < -0.39 is 10.0 Å². The maximum atomic E-state index is 12.1. The lowest BCUT2D eigenvalue weighted by Gasteiger charge is -2.08. The van der Waals surface area contributed by atoms with Crippen molar-refractivity contribution in [1.82, 2.24) is 15.2 Å². The molecule has 0 unspecified atom stereocenters. The lowest BCUT2D eigenvalue weighted by molar-refractivity contribution is 0.600. The van der Waals surface area contributed by atoms with Gasteiger partial charge in [-0.1, -0.05) is 29.9 Å². The molecule has 0 aliphatic heterocycles. The summed E-state index contributed by atoms with van der Waals surface area (Å²) in [6.07, 6.45) is 2.16. The van der Waals surface area contributed by atoms with Gasteiger partial charge in [-0.15, -0.1) is 10.2 Å². The molecule has 20 heavy (non-hydrogen) atoms. The summed E-state index contributed by atoms with van der Waals surface area (Å²) >= 11 is 7.10. The molecule has 0 saturated heterocycles.